The molecule has 1 rings (SSSR count). The lowest BCUT2D eigenvalue weighted by atomic mass is 9.81. The molecule has 0 aliphatic rings. The van der Waals surface area contributed by atoms with Crippen LogP contribution in [-0.4, -0.2) is 28.2 Å². The van der Waals surface area contributed by atoms with Gasteiger partial charge in [-0.25, -0.2) is 4.79 Å². The zero-order chi connectivity index (χ0) is 11.8. The molecule has 0 aliphatic heterocycles. The van der Waals surface area contributed by atoms with E-state index < -0.39 is 13.1 Å². The fourth-order valence-electron chi connectivity index (χ4n) is 0.625. The van der Waals surface area contributed by atoms with Crippen molar-refractivity contribution in [1.82, 2.24) is 0 Å². The summed E-state index contributed by atoms with van der Waals surface area (Å²) < 4.78 is 0. The van der Waals surface area contributed by atoms with Gasteiger partial charge < -0.3 is 15.2 Å². The summed E-state index contributed by atoms with van der Waals surface area (Å²) in [6, 6.07) is 8.66. The Morgan fingerprint density at radius 1 is 1.27 bits per heavy atom. The van der Waals surface area contributed by atoms with Crippen LogP contribution in [0.3, 0.4) is 0 Å². The predicted octanol–water partition coefficient (Wildman–Crippen LogP) is 0.0135. The molecule has 80 valence electrons. The molecular weight excluding hydrogens is 195 g/mol. The molecule has 0 atom stereocenters. The summed E-state index contributed by atoms with van der Waals surface area (Å²) in [6.45, 7) is 4.60. The molecule has 0 fully saturated rings. The first-order valence-electron chi connectivity index (χ1n) is 4.25. The lowest BCUT2D eigenvalue weighted by Crippen LogP contribution is -2.29. The molecule has 0 saturated carbocycles. The number of carboxylic acid groups (broad SMARTS) is 1. The first-order chi connectivity index (χ1) is 6.95. The van der Waals surface area contributed by atoms with E-state index in [-0.39, 0.29) is 5.57 Å². The van der Waals surface area contributed by atoms with Gasteiger partial charge in [0.15, 0.2) is 0 Å². The van der Waals surface area contributed by atoms with Crippen LogP contribution in [0.2, 0.25) is 0 Å². The van der Waals surface area contributed by atoms with Gasteiger partial charge in [0.05, 0.1) is 0 Å². The summed E-state index contributed by atoms with van der Waals surface area (Å²) >= 11 is 0. The molecule has 5 heteroatoms. The summed E-state index contributed by atoms with van der Waals surface area (Å²) in [5.74, 6) is -0.935. The second-order valence-electron chi connectivity index (χ2n) is 2.87. The van der Waals surface area contributed by atoms with Crippen LogP contribution < -0.4 is 5.46 Å². The molecule has 0 heterocycles. The third-order valence-electron chi connectivity index (χ3n) is 1.46. The molecule has 0 amide bonds. The molecular formula is C10H13BO4. The van der Waals surface area contributed by atoms with Crippen LogP contribution in [0.1, 0.15) is 6.92 Å². The molecule has 0 saturated heterocycles. The molecule has 1 aromatic carbocycles. The predicted molar refractivity (Wildman–Crippen MR) is 58.7 cm³/mol. The Morgan fingerprint density at radius 3 is 1.87 bits per heavy atom. The molecule has 15 heavy (non-hydrogen) atoms. The van der Waals surface area contributed by atoms with Crippen molar-refractivity contribution in [3.63, 3.8) is 0 Å². The third-order valence-corrected chi connectivity index (χ3v) is 1.46. The molecule has 0 aliphatic carbocycles. The van der Waals surface area contributed by atoms with Crippen molar-refractivity contribution in [2.45, 2.75) is 6.92 Å². The summed E-state index contributed by atoms with van der Waals surface area (Å²) in [6.07, 6.45) is 0. The van der Waals surface area contributed by atoms with Gasteiger partial charge in [0, 0.05) is 5.57 Å². The Kier molecular flexibility index (Phi) is 6.09. The van der Waals surface area contributed by atoms with E-state index in [2.05, 4.69) is 6.58 Å². The van der Waals surface area contributed by atoms with Crippen molar-refractivity contribution in [2.75, 3.05) is 0 Å². The fourth-order valence-corrected chi connectivity index (χ4v) is 0.625. The van der Waals surface area contributed by atoms with Crippen LogP contribution in [0.25, 0.3) is 0 Å². The summed E-state index contributed by atoms with van der Waals surface area (Å²) in [5, 5.41) is 25.0. The van der Waals surface area contributed by atoms with Crippen LogP contribution >= 0.6 is 0 Å². The number of hydrogen-bond acceptors (Lipinski definition) is 3. The highest BCUT2D eigenvalue weighted by Crippen LogP contribution is 1.82. The maximum Gasteiger partial charge on any atom is 0.488 e. The largest absolute Gasteiger partial charge is 0.488 e. The smallest absolute Gasteiger partial charge is 0.478 e. The van der Waals surface area contributed by atoms with Gasteiger partial charge in [0.2, 0.25) is 0 Å². The molecule has 0 radical (unpaired) electrons. The summed E-state index contributed by atoms with van der Waals surface area (Å²) in [5.41, 5.74) is 0.701. The lowest BCUT2D eigenvalue weighted by Gasteiger charge is -1.94. The van der Waals surface area contributed by atoms with E-state index in [4.69, 9.17) is 15.2 Å². The number of carboxylic acids is 1. The van der Waals surface area contributed by atoms with Crippen LogP contribution in [-0.2, 0) is 4.79 Å². The van der Waals surface area contributed by atoms with Crippen molar-refractivity contribution in [1.29, 1.82) is 0 Å². The van der Waals surface area contributed by atoms with Crippen molar-refractivity contribution in [3.8, 4) is 0 Å². The standard InChI is InChI=1S/C6H7BO2.C4H6O2/c8-7(9)6-4-2-1-3-5-6;1-3(2)4(5)6/h1-5,8-9H;1H2,2H3,(H,5,6). The molecule has 0 aromatic heterocycles. The van der Waals surface area contributed by atoms with Gasteiger partial charge in [-0.05, 0) is 12.4 Å². The summed E-state index contributed by atoms with van der Waals surface area (Å²) in [7, 11) is -1.34. The van der Waals surface area contributed by atoms with Crippen LogP contribution in [0, 0.1) is 0 Å². The molecule has 0 unspecified atom stereocenters. The van der Waals surface area contributed by atoms with E-state index in [0.717, 1.165) is 0 Å². The normalized spacial score (nSPS) is 8.47. The van der Waals surface area contributed by atoms with Gasteiger partial charge in [0.1, 0.15) is 0 Å². The van der Waals surface area contributed by atoms with E-state index in [1.54, 1.807) is 24.3 Å². The first-order valence-corrected chi connectivity index (χ1v) is 4.25. The molecule has 4 nitrogen and oxygen atoms in total. The third kappa shape index (κ3) is 6.48. The highest BCUT2D eigenvalue weighted by molar-refractivity contribution is 6.58. The molecule has 0 spiro atoms. The maximum atomic E-state index is 9.60. The van der Waals surface area contributed by atoms with Crippen LogP contribution in [0.5, 0.6) is 0 Å². The Hall–Kier alpha value is -1.59. The zero-order valence-corrected chi connectivity index (χ0v) is 8.42. The van der Waals surface area contributed by atoms with E-state index >= 15 is 0 Å². The highest BCUT2D eigenvalue weighted by atomic mass is 16.4. The summed E-state index contributed by atoms with van der Waals surface area (Å²) in [4.78, 5) is 9.60. The second kappa shape index (κ2) is 6.81. The number of benzene rings is 1. The Balaban J connectivity index is 0.000000288. The van der Waals surface area contributed by atoms with Gasteiger partial charge in [-0.15, -0.1) is 0 Å². The minimum absolute atomic E-state index is 0.176. The first kappa shape index (κ1) is 13.4. The topological polar surface area (TPSA) is 77.8 Å². The molecule has 0 bridgehead atoms. The highest BCUT2D eigenvalue weighted by Gasteiger charge is 2.07. The lowest BCUT2D eigenvalue weighted by molar-refractivity contribution is -0.132. The molecule has 3 N–H and O–H groups in total. The number of rotatable bonds is 2. The maximum absolute atomic E-state index is 9.60. The SMILES string of the molecule is C=C(C)C(=O)O.OB(O)c1ccccc1. The van der Waals surface area contributed by atoms with E-state index in [0.29, 0.717) is 5.46 Å². The zero-order valence-electron chi connectivity index (χ0n) is 8.42. The monoisotopic (exact) mass is 208 g/mol. The number of hydrogen-bond donors (Lipinski definition) is 3. The Morgan fingerprint density at radius 2 is 1.67 bits per heavy atom. The molecule has 1 aromatic rings. The van der Waals surface area contributed by atoms with E-state index in [1.165, 1.54) is 6.92 Å². The number of carbonyl (C=O) groups is 1. The second-order valence-corrected chi connectivity index (χ2v) is 2.87. The number of aliphatic carboxylic acids is 1. The van der Waals surface area contributed by atoms with Gasteiger partial charge in [-0.1, -0.05) is 36.9 Å². The van der Waals surface area contributed by atoms with Gasteiger partial charge in [-0.3, -0.25) is 0 Å². The van der Waals surface area contributed by atoms with Crippen LogP contribution in [0.15, 0.2) is 42.5 Å². The minimum Gasteiger partial charge on any atom is -0.478 e. The van der Waals surface area contributed by atoms with Crippen molar-refractivity contribution in [2.24, 2.45) is 0 Å². The average Bonchev–Trinajstić information content (AvgIpc) is 2.20. The van der Waals surface area contributed by atoms with E-state index in [1.807, 2.05) is 6.07 Å². The van der Waals surface area contributed by atoms with Gasteiger partial charge in [0.25, 0.3) is 0 Å². The Labute approximate surface area is 88.6 Å². The quantitative estimate of drug-likeness (QED) is 0.472. The van der Waals surface area contributed by atoms with Crippen molar-refractivity contribution >= 4 is 18.6 Å². The van der Waals surface area contributed by atoms with Gasteiger partial charge in [-0.2, -0.15) is 0 Å². The van der Waals surface area contributed by atoms with Crippen molar-refractivity contribution in [3.05, 3.63) is 42.5 Å². The average molecular weight is 208 g/mol. The minimum atomic E-state index is -1.34. The van der Waals surface area contributed by atoms with E-state index in [9.17, 15) is 4.79 Å². The van der Waals surface area contributed by atoms with Crippen LogP contribution in [0.4, 0.5) is 0 Å². The fraction of sp³-hybridized carbons (Fsp3) is 0.100. The van der Waals surface area contributed by atoms with Crippen molar-refractivity contribution < 1.29 is 19.9 Å². The van der Waals surface area contributed by atoms with Gasteiger partial charge >= 0.3 is 13.1 Å². The Bertz CT molecular complexity index is 309.